The molecule has 9 heteroatoms. The van der Waals surface area contributed by atoms with Crippen molar-refractivity contribution in [1.82, 2.24) is 4.90 Å². The Bertz CT molecular complexity index is 1110. The Balaban J connectivity index is 1.62. The molecule has 7 nitrogen and oxygen atoms in total. The number of nitrogens with zero attached hydrogens (tertiary/aromatic N) is 2. The number of rotatable bonds is 4. The molecule has 0 bridgehead atoms. The highest BCUT2D eigenvalue weighted by atomic mass is 32.2. The van der Waals surface area contributed by atoms with Crippen LogP contribution in [0.4, 0.5) is 11.4 Å². The van der Waals surface area contributed by atoms with Gasteiger partial charge in [0.25, 0.3) is 11.8 Å². The molecule has 0 saturated carbocycles. The van der Waals surface area contributed by atoms with Crippen LogP contribution >= 0.6 is 24.0 Å². The van der Waals surface area contributed by atoms with Crippen LogP contribution in [0, 0.1) is 0 Å². The van der Waals surface area contributed by atoms with E-state index in [0.29, 0.717) is 27.0 Å². The average Bonchev–Trinajstić information content (AvgIpc) is 3.16. The summed E-state index contributed by atoms with van der Waals surface area (Å²) in [6.45, 7) is -0.183. The topological polar surface area (TPSA) is 79.0 Å². The summed E-state index contributed by atoms with van der Waals surface area (Å²) in [7, 11) is 3.14. The molecule has 2 aromatic rings. The fraction of sp³-hybridized carbons (Fsp3) is 0.143. The smallest absolute Gasteiger partial charge is 0.266 e. The lowest BCUT2D eigenvalue weighted by Crippen LogP contribution is -2.35. The number of carbonyl (C=O) groups is 3. The molecule has 152 valence electrons. The molecule has 2 aliphatic heterocycles. The highest BCUT2D eigenvalue weighted by Gasteiger charge is 2.41. The van der Waals surface area contributed by atoms with E-state index in [1.54, 1.807) is 62.7 Å². The zero-order valence-electron chi connectivity index (χ0n) is 16.2. The van der Waals surface area contributed by atoms with Gasteiger partial charge in [0.2, 0.25) is 5.91 Å². The SMILES string of the molecule is COc1ccc(NC(=O)CN2C(=O)C(=C3SC(=S)N(C)C3=O)c3ccccc32)cc1. The van der Waals surface area contributed by atoms with Crippen LogP contribution in [0.5, 0.6) is 5.75 Å². The van der Waals surface area contributed by atoms with E-state index in [0.717, 1.165) is 11.8 Å². The van der Waals surface area contributed by atoms with Gasteiger partial charge in [0.15, 0.2) is 0 Å². The fourth-order valence-electron chi connectivity index (χ4n) is 3.27. The minimum absolute atomic E-state index is 0.183. The molecule has 1 saturated heterocycles. The number of likely N-dealkylation sites (N-methyl/N-ethyl adjacent to an activating group) is 1. The lowest BCUT2D eigenvalue weighted by molar-refractivity contribution is -0.121. The second-order valence-corrected chi connectivity index (χ2v) is 8.27. The third-order valence-corrected chi connectivity index (χ3v) is 6.34. The summed E-state index contributed by atoms with van der Waals surface area (Å²) in [5.41, 5.74) is 2.08. The molecular weight excluding hydrogens is 422 g/mol. The number of fused-ring (bicyclic) bond motifs is 1. The summed E-state index contributed by atoms with van der Waals surface area (Å²) in [5, 5.41) is 2.77. The van der Waals surface area contributed by atoms with Crippen LogP contribution in [0.3, 0.4) is 0 Å². The number of thioether (sulfide) groups is 1. The van der Waals surface area contributed by atoms with Crippen LogP contribution < -0.4 is 15.0 Å². The molecular formula is C21H17N3O4S2. The largest absolute Gasteiger partial charge is 0.497 e. The van der Waals surface area contributed by atoms with Gasteiger partial charge in [-0.2, -0.15) is 0 Å². The summed E-state index contributed by atoms with van der Waals surface area (Å²) in [5.74, 6) is -0.384. The van der Waals surface area contributed by atoms with E-state index in [2.05, 4.69) is 5.32 Å². The maximum atomic E-state index is 13.2. The normalized spacial score (nSPS) is 18.1. The van der Waals surface area contributed by atoms with E-state index >= 15 is 0 Å². The average molecular weight is 440 g/mol. The predicted molar refractivity (Wildman–Crippen MR) is 120 cm³/mol. The predicted octanol–water partition coefficient (Wildman–Crippen LogP) is 2.88. The van der Waals surface area contributed by atoms with Crippen LogP contribution in [0.2, 0.25) is 0 Å². The van der Waals surface area contributed by atoms with Crippen molar-refractivity contribution in [3.63, 3.8) is 0 Å². The zero-order chi connectivity index (χ0) is 21.4. The quantitative estimate of drug-likeness (QED) is 0.583. The molecule has 0 aromatic heterocycles. The van der Waals surface area contributed by atoms with E-state index in [4.69, 9.17) is 17.0 Å². The Morgan fingerprint density at radius 1 is 1.10 bits per heavy atom. The van der Waals surface area contributed by atoms with Crippen LogP contribution in [0.25, 0.3) is 5.57 Å². The third kappa shape index (κ3) is 3.46. The number of carbonyl (C=O) groups excluding carboxylic acids is 3. The third-order valence-electron chi connectivity index (χ3n) is 4.79. The number of thiocarbonyl (C=S) groups is 1. The number of nitrogens with one attached hydrogen (secondary N) is 1. The van der Waals surface area contributed by atoms with Gasteiger partial charge in [-0.25, -0.2) is 0 Å². The summed E-state index contributed by atoms with van der Waals surface area (Å²) < 4.78 is 5.50. The maximum absolute atomic E-state index is 13.2. The lowest BCUT2D eigenvalue weighted by atomic mass is 10.1. The van der Waals surface area contributed by atoms with Gasteiger partial charge in [0.1, 0.15) is 16.6 Å². The highest BCUT2D eigenvalue weighted by Crippen LogP contribution is 2.44. The van der Waals surface area contributed by atoms with Crippen molar-refractivity contribution in [1.29, 1.82) is 0 Å². The van der Waals surface area contributed by atoms with Crippen LogP contribution in [0.15, 0.2) is 53.4 Å². The summed E-state index contributed by atoms with van der Waals surface area (Å²) >= 11 is 6.30. The number of amides is 3. The Morgan fingerprint density at radius 2 is 1.80 bits per heavy atom. The van der Waals surface area contributed by atoms with E-state index in [9.17, 15) is 14.4 Å². The Hall–Kier alpha value is -3.17. The molecule has 2 aliphatic rings. The number of hydrogen-bond acceptors (Lipinski definition) is 6. The van der Waals surface area contributed by atoms with Gasteiger partial charge < -0.3 is 10.1 Å². The maximum Gasteiger partial charge on any atom is 0.266 e. The first-order chi connectivity index (χ1) is 14.4. The molecule has 2 heterocycles. The van der Waals surface area contributed by atoms with Gasteiger partial charge in [-0.15, -0.1) is 0 Å². The van der Waals surface area contributed by atoms with Crippen molar-refractivity contribution >= 4 is 63.0 Å². The van der Waals surface area contributed by atoms with Crippen molar-refractivity contribution in [2.24, 2.45) is 0 Å². The molecule has 4 rings (SSSR count). The monoisotopic (exact) mass is 439 g/mol. The zero-order valence-corrected chi connectivity index (χ0v) is 17.8. The van der Waals surface area contributed by atoms with Crippen LogP contribution in [-0.4, -0.2) is 47.6 Å². The second-order valence-electron chi connectivity index (χ2n) is 6.62. The van der Waals surface area contributed by atoms with Crippen molar-refractivity contribution in [2.45, 2.75) is 0 Å². The van der Waals surface area contributed by atoms with Crippen molar-refractivity contribution in [3.05, 3.63) is 59.0 Å². The standard InChI is InChI=1S/C21H17N3O4S2/c1-23-20(27)18(30-21(23)29)17-14-5-3-4-6-15(14)24(19(17)26)11-16(25)22-12-7-9-13(28-2)10-8-12/h3-10H,11H2,1-2H3,(H,22,25). The van der Waals surface area contributed by atoms with Gasteiger partial charge in [-0.1, -0.05) is 42.2 Å². The van der Waals surface area contributed by atoms with Gasteiger partial charge >= 0.3 is 0 Å². The number of ether oxygens (including phenoxy) is 1. The van der Waals surface area contributed by atoms with Crippen molar-refractivity contribution < 1.29 is 19.1 Å². The first kappa shape index (κ1) is 20.1. The first-order valence-corrected chi connectivity index (χ1v) is 10.2. The van der Waals surface area contributed by atoms with E-state index in [-0.39, 0.29) is 28.8 Å². The molecule has 0 aliphatic carbocycles. The minimum Gasteiger partial charge on any atom is -0.497 e. The molecule has 3 amide bonds. The Morgan fingerprint density at radius 3 is 2.43 bits per heavy atom. The number of hydrogen-bond donors (Lipinski definition) is 1. The highest BCUT2D eigenvalue weighted by molar-refractivity contribution is 8.26. The minimum atomic E-state index is -0.393. The van der Waals surface area contributed by atoms with E-state index in [1.165, 1.54) is 9.80 Å². The van der Waals surface area contributed by atoms with Gasteiger partial charge in [-0.05, 0) is 30.3 Å². The van der Waals surface area contributed by atoms with Gasteiger partial charge in [0, 0.05) is 18.3 Å². The number of benzene rings is 2. The van der Waals surface area contributed by atoms with Gasteiger partial charge in [-0.3, -0.25) is 24.2 Å². The van der Waals surface area contributed by atoms with Crippen LogP contribution in [0.1, 0.15) is 5.56 Å². The molecule has 0 radical (unpaired) electrons. The van der Waals surface area contributed by atoms with Gasteiger partial charge in [0.05, 0.1) is 23.3 Å². The molecule has 1 fully saturated rings. The number of methoxy groups -OCH3 is 1. The summed E-state index contributed by atoms with van der Waals surface area (Å²) in [6, 6.07) is 14.0. The summed E-state index contributed by atoms with van der Waals surface area (Å²) in [6.07, 6.45) is 0. The Kier molecular flexibility index (Phi) is 5.31. The molecule has 0 atom stereocenters. The van der Waals surface area contributed by atoms with E-state index in [1.807, 2.05) is 0 Å². The fourth-order valence-corrected chi connectivity index (χ4v) is 4.52. The van der Waals surface area contributed by atoms with Crippen molar-refractivity contribution in [3.8, 4) is 5.75 Å². The molecule has 1 N–H and O–H groups in total. The van der Waals surface area contributed by atoms with Crippen molar-refractivity contribution in [2.75, 3.05) is 30.9 Å². The number of para-hydroxylation sites is 1. The van der Waals surface area contributed by atoms with E-state index < -0.39 is 5.91 Å². The molecule has 0 spiro atoms. The molecule has 2 aromatic carbocycles. The molecule has 30 heavy (non-hydrogen) atoms. The summed E-state index contributed by atoms with van der Waals surface area (Å²) in [4.78, 5) is 41.4. The second kappa shape index (κ2) is 7.92. The van der Waals surface area contributed by atoms with Crippen LogP contribution in [-0.2, 0) is 14.4 Å². The Labute approximate surface area is 182 Å². The lowest BCUT2D eigenvalue weighted by Gasteiger charge is -2.17. The first-order valence-electron chi connectivity index (χ1n) is 9.00. The number of anilines is 2. The molecule has 0 unspecified atom stereocenters.